The van der Waals surface area contributed by atoms with Crippen molar-refractivity contribution in [2.75, 3.05) is 16.9 Å². The quantitative estimate of drug-likeness (QED) is 0.616. The lowest BCUT2D eigenvalue weighted by Gasteiger charge is -2.09. The van der Waals surface area contributed by atoms with Crippen molar-refractivity contribution in [2.45, 2.75) is 12.5 Å². The molecule has 1 aliphatic heterocycles. The van der Waals surface area contributed by atoms with Gasteiger partial charge >= 0.3 is 0 Å². The largest absolute Gasteiger partial charge is 0.346 e. The predicted molar refractivity (Wildman–Crippen MR) is 78.3 cm³/mol. The molecule has 7 nitrogen and oxygen atoms in total. The molecule has 0 radical (unpaired) electrons. The first-order valence-corrected chi connectivity index (χ1v) is 8.22. The lowest BCUT2D eigenvalue weighted by atomic mass is 10.2. The number of rotatable bonds is 4. The van der Waals surface area contributed by atoms with Crippen molar-refractivity contribution in [1.82, 2.24) is 5.32 Å². The molecule has 1 aliphatic rings. The summed E-state index contributed by atoms with van der Waals surface area (Å²) in [6.45, 7) is 0. The first kappa shape index (κ1) is 15.9. The molecule has 1 amide bonds. The van der Waals surface area contributed by atoms with E-state index in [0.717, 1.165) is 0 Å². The number of hydrogen-bond donors (Lipinski definition) is 2. The lowest BCUT2D eigenvalue weighted by molar-refractivity contribution is -0.115. The summed E-state index contributed by atoms with van der Waals surface area (Å²) in [5, 5.41) is 15.0. The Morgan fingerprint density at radius 1 is 1.36 bits per heavy atom. The number of sulfone groups is 1. The van der Waals surface area contributed by atoms with Crippen LogP contribution in [0.3, 0.4) is 0 Å². The summed E-state index contributed by atoms with van der Waals surface area (Å²) in [4.78, 5) is 11.9. The van der Waals surface area contributed by atoms with Gasteiger partial charge in [0.1, 0.15) is 11.9 Å². The van der Waals surface area contributed by atoms with Crippen LogP contribution in [-0.4, -0.2) is 37.6 Å². The van der Waals surface area contributed by atoms with Gasteiger partial charge in [-0.05, 0) is 30.7 Å². The lowest BCUT2D eigenvalue weighted by Crippen LogP contribution is -2.39. The van der Waals surface area contributed by atoms with Crippen molar-refractivity contribution in [2.24, 2.45) is 5.10 Å². The fraction of sp³-hybridized carbons (Fsp3) is 0.308. The van der Waals surface area contributed by atoms with E-state index in [-0.39, 0.29) is 11.5 Å². The van der Waals surface area contributed by atoms with Crippen molar-refractivity contribution in [3.63, 3.8) is 0 Å². The Bertz CT molecular complexity index is 738. The Labute approximate surface area is 126 Å². The summed E-state index contributed by atoms with van der Waals surface area (Å²) in [7, 11) is -3.12. The predicted octanol–water partition coefficient (Wildman–Crippen LogP) is 0.420. The van der Waals surface area contributed by atoms with Crippen LogP contribution in [0.1, 0.15) is 6.42 Å². The average molecular weight is 324 g/mol. The van der Waals surface area contributed by atoms with Crippen LogP contribution < -0.4 is 10.7 Å². The molecule has 9 heteroatoms. The maximum absolute atomic E-state index is 12.7. The number of carbonyl (C=O) groups excluding carboxylic acids is 1. The van der Waals surface area contributed by atoms with Crippen LogP contribution in [-0.2, 0) is 14.6 Å². The molecule has 2 rings (SSSR count). The highest BCUT2D eigenvalue weighted by Gasteiger charge is 2.29. The molecule has 1 fully saturated rings. The van der Waals surface area contributed by atoms with Crippen LogP contribution in [0, 0.1) is 17.1 Å². The fourth-order valence-corrected chi connectivity index (χ4v) is 3.61. The van der Waals surface area contributed by atoms with Crippen LogP contribution in [0.5, 0.6) is 0 Å². The maximum atomic E-state index is 12.7. The van der Waals surface area contributed by atoms with E-state index < -0.39 is 33.3 Å². The summed E-state index contributed by atoms with van der Waals surface area (Å²) in [5.41, 5.74) is 2.44. The minimum absolute atomic E-state index is 0.0187. The zero-order valence-corrected chi connectivity index (χ0v) is 12.2. The highest BCUT2D eigenvalue weighted by Crippen LogP contribution is 2.11. The van der Waals surface area contributed by atoms with Gasteiger partial charge in [-0.15, -0.1) is 0 Å². The molecule has 1 unspecified atom stereocenters. The van der Waals surface area contributed by atoms with Gasteiger partial charge in [0.25, 0.3) is 5.91 Å². The van der Waals surface area contributed by atoms with Gasteiger partial charge in [-0.25, -0.2) is 12.8 Å². The zero-order chi connectivity index (χ0) is 16.2. The van der Waals surface area contributed by atoms with Gasteiger partial charge < -0.3 is 5.32 Å². The van der Waals surface area contributed by atoms with Gasteiger partial charge in [-0.1, -0.05) is 0 Å². The first-order valence-electron chi connectivity index (χ1n) is 6.40. The molecule has 22 heavy (non-hydrogen) atoms. The van der Waals surface area contributed by atoms with Gasteiger partial charge in [0, 0.05) is 6.04 Å². The Hall–Kier alpha value is -2.47. The number of carbonyl (C=O) groups is 1. The molecule has 1 saturated heterocycles. The summed E-state index contributed by atoms with van der Waals surface area (Å²) in [5.74, 6) is -1.29. The highest BCUT2D eigenvalue weighted by molar-refractivity contribution is 7.91. The Morgan fingerprint density at radius 3 is 2.59 bits per heavy atom. The van der Waals surface area contributed by atoms with Crippen molar-refractivity contribution in [3.8, 4) is 6.07 Å². The molecule has 2 N–H and O–H groups in total. The molecule has 0 aromatic heterocycles. The van der Waals surface area contributed by atoms with E-state index in [4.69, 9.17) is 5.26 Å². The summed E-state index contributed by atoms with van der Waals surface area (Å²) in [6.07, 6.45) is 0.318. The van der Waals surface area contributed by atoms with Gasteiger partial charge in [0.15, 0.2) is 9.84 Å². The molecule has 0 aliphatic carbocycles. The molecule has 0 bridgehead atoms. The SMILES string of the molecule is N#CC(=NNc1ccc(F)cc1)C(=O)NC1CCS(=O)(=O)C1. The number of anilines is 1. The second kappa shape index (κ2) is 6.53. The van der Waals surface area contributed by atoms with Crippen LogP contribution >= 0.6 is 0 Å². The minimum Gasteiger partial charge on any atom is -0.346 e. The van der Waals surface area contributed by atoms with Crippen molar-refractivity contribution in [1.29, 1.82) is 5.26 Å². The number of nitriles is 1. The number of nitrogens with zero attached hydrogens (tertiary/aromatic N) is 2. The molecule has 1 aromatic rings. The maximum Gasteiger partial charge on any atom is 0.282 e. The van der Waals surface area contributed by atoms with Crippen molar-refractivity contribution < 1.29 is 17.6 Å². The summed E-state index contributed by atoms with van der Waals surface area (Å²) < 4.78 is 35.4. The third-order valence-electron chi connectivity index (χ3n) is 3.03. The molecule has 1 aromatic carbocycles. The van der Waals surface area contributed by atoms with Gasteiger partial charge in [0.2, 0.25) is 5.71 Å². The number of hydrazone groups is 1. The van der Waals surface area contributed by atoms with E-state index >= 15 is 0 Å². The molecule has 1 atom stereocenters. The number of halogens is 1. The van der Waals surface area contributed by atoms with Crippen molar-refractivity contribution >= 4 is 27.1 Å². The van der Waals surface area contributed by atoms with Gasteiger partial charge in [-0.2, -0.15) is 10.4 Å². The number of nitrogens with one attached hydrogen (secondary N) is 2. The Morgan fingerprint density at radius 2 is 2.05 bits per heavy atom. The third kappa shape index (κ3) is 4.26. The van der Waals surface area contributed by atoms with E-state index in [1.165, 1.54) is 24.3 Å². The molecule has 116 valence electrons. The first-order chi connectivity index (χ1) is 10.4. The van der Waals surface area contributed by atoms with Crippen LogP contribution in [0.4, 0.5) is 10.1 Å². The van der Waals surface area contributed by atoms with E-state index in [1.54, 1.807) is 6.07 Å². The molecular weight excluding hydrogens is 311 g/mol. The topological polar surface area (TPSA) is 111 Å². The third-order valence-corrected chi connectivity index (χ3v) is 4.80. The summed E-state index contributed by atoms with van der Waals surface area (Å²) >= 11 is 0. The smallest absolute Gasteiger partial charge is 0.282 e. The van der Waals surface area contributed by atoms with Gasteiger partial charge in [-0.3, -0.25) is 10.2 Å². The van der Waals surface area contributed by atoms with E-state index in [9.17, 15) is 17.6 Å². The number of amides is 1. The van der Waals surface area contributed by atoms with Crippen molar-refractivity contribution in [3.05, 3.63) is 30.1 Å². The fourth-order valence-electron chi connectivity index (χ4n) is 1.93. The molecule has 0 spiro atoms. The molecular formula is C13H13FN4O3S. The monoisotopic (exact) mass is 324 g/mol. The Kier molecular flexibility index (Phi) is 4.72. The average Bonchev–Trinajstić information content (AvgIpc) is 2.80. The van der Waals surface area contributed by atoms with E-state index in [1.807, 2.05) is 0 Å². The van der Waals surface area contributed by atoms with Crippen LogP contribution in [0.2, 0.25) is 0 Å². The standard InChI is InChI=1S/C13H13FN4O3S/c14-9-1-3-10(4-2-9)17-18-12(7-15)13(19)16-11-5-6-22(20,21)8-11/h1-4,11,17H,5-6,8H2,(H,16,19). The van der Waals surface area contributed by atoms with E-state index in [2.05, 4.69) is 15.8 Å². The molecule has 1 heterocycles. The Balaban J connectivity index is 1.98. The summed E-state index contributed by atoms with van der Waals surface area (Å²) in [6, 6.07) is 6.32. The second-order valence-corrected chi connectivity index (χ2v) is 6.99. The minimum atomic E-state index is -3.12. The highest BCUT2D eigenvalue weighted by atomic mass is 32.2. The van der Waals surface area contributed by atoms with E-state index in [0.29, 0.717) is 12.1 Å². The normalized spacial score (nSPS) is 20.2. The zero-order valence-electron chi connectivity index (χ0n) is 11.4. The second-order valence-electron chi connectivity index (χ2n) is 4.76. The number of hydrogen-bond acceptors (Lipinski definition) is 6. The van der Waals surface area contributed by atoms with Crippen LogP contribution in [0.25, 0.3) is 0 Å². The molecule has 0 saturated carbocycles. The van der Waals surface area contributed by atoms with Crippen LogP contribution in [0.15, 0.2) is 29.4 Å². The van der Waals surface area contributed by atoms with Gasteiger partial charge in [0.05, 0.1) is 17.2 Å². The number of benzene rings is 1.